The molecule has 0 bridgehead atoms. The van der Waals surface area contributed by atoms with Gasteiger partial charge in [0.2, 0.25) is 23.4 Å². The van der Waals surface area contributed by atoms with Gasteiger partial charge < -0.3 is 29.6 Å². The summed E-state index contributed by atoms with van der Waals surface area (Å²) in [5.74, 6) is -1.35. The van der Waals surface area contributed by atoms with Gasteiger partial charge in [-0.1, -0.05) is 36.4 Å². The first-order valence-electron chi connectivity index (χ1n) is 20.3. The van der Waals surface area contributed by atoms with E-state index in [4.69, 9.17) is 13.9 Å². The Morgan fingerprint density at radius 3 is 2.53 bits per heavy atom. The Hall–Kier alpha value is -5.98. The summed E-state index contributed by atoms with van der Waals surface area (Å²) in [4.78, 5) is 33.6. The summed E-state index contributed by atoms with van der Waals surface area (Å²) < 4.78 is 61.5. The molecule has 15 heteroatoms. The van der Waals surface area contributed by atoms with E-state index in [-0.39, 0.29) is 42.0 Å². The van der Waals surface area contributed by atoms with Crippen molar-refractivity contribution in [2.24, 2.45) is 5.92 Å². The van der Waals surface area contributed by atoms with Crippen LogP contribution in [0, 0.1) is 24.2 Å². The molecule has 9 rings (SSSR count). The molecule has 2 aliphatic heterocycles. The molecule has 1 amide bonds. The number of alkyl halides is 3. The molecule has 0 radical (unpaired) electrons. The predicted molar refractivity (Wildman–Crippen MR) is 213 cm³/mol. The zero-order valence-electron chi connectivity index (χ0n) is 33.1. The summed E-state index contributed by atoms with van der Waals surface area (Å²) in [6.07, 6.45) is -1.41. The van der Waals surface area contributed by atoms with Crippen LogP contribution in [0.4, 0.5) is 13.2 Å². The van der Waals surface area contributed by atoms with Gasteiger partial charge in [-0.05, 0) is 103 Å². The lowest BCUT2D eigenvalue weighted by molar-refractivity contribution is -0.144. The summed E-state index contributed by atoms with van der Waals surface area (Å²) in [6, 6.07) is 18.1. The number of carboxylic acids is 1. The van der Waals surface area contributed by atoms with Gasteiger partial charge in [0.25, 0.3) is 0 Å². The quantitative estimate of drug-likeness (QED) is 0.120. The van der Waals surface area contributed by atoms with Crippen molar-refractivity contribution in [2.45, 2.75) is 82.8 Å². The lowest BCUT2D eigenvalue weighted by Crippen LogP contribution is -2.35. The van der Waals surface area contributed by atoms with Gasteiger partial charge >= 0.3 is 12.1 Å². The van der Waals surface area contributed by atoms with Crippen LogP contribution in [0.3, 0.4) is 0 Å². The van der Waals surface area contributed by atoms with Gasteiger partial charge in [-0.3, -0.25) is 14.5 Å². The Bertz CT molecular complexity index is 2580. The number of carboxylic acid groups (broad SMARTS) is 1. The summed E-state index contributed by atoms with van der Waals surface area (Å²) in [7, 11) is 1.32. The highest BCUT2D eigenvalue weighted by Crippen LogP contribution is 2.47. The smallest absolute Gasteiger partial charge is 0.438 e. The van der Waals surface area contributed by atoms with Gasteiger partial charge in [-0.25, -0.2) is 4.98 Å². The average molecular weight is 821 g/mol. The monoisotopic (exact) mass is 820 g/mol. The Morgan fingerprint density at radius 2 is 1.80 bits per heavy atom. The van der Waals surface area contributed by atoms with E-state index in [2.05, 4.69) is 37.6 Å². The molecule has 2 aliphatic carbocycles. The molecule has 2 saturated heterocycles. The van der Waals surface area contributed by atoms with Crippen molar-refractivity contribution in [3.05, 3.63) is 93.3 Å². The molecule has 5 aromatic rings. The molecule has 12 nitrogen and oxygen atoms in total. The van der Waals surface area contributed by atoms with E-state index in [0.717, 1.165) is 56.3 Å². The minimum Gasteiger partial charge on any atom is -0.481 e. The number of carbonyl (C=O) groups is 2. The average Bonchev–Trinajstić information content (AvgIpc) is 4.08. The Labute approximate surface area is 343 Å². The summed E-state index contributed by atoms with van der Waals surface area (Å²) in [5, 5.41) is 26.7. The number of likely N-dealkylation sites (tertiary alicyclic amines) is 1. The van der Waals surface area contributed by atoms with Crippen LogP contribution in [-0.4, -0.2) is 64.6 Å². The van der Waals surface area contributed by atoms with Gasteiger partial charge in [0, 0.05) is 49.1 Å². The molecule has 4 aliphatic rings. The van der Waals surface area contributed by atoms with E-state index in [1.165, 1.54) is 7.11 Å². The molecule has 60 heavy (non-hydrogen) atoms. The lowest BCUT2D eigenvalue weighted by Gasteiger charge is -2.24. The number of fused-ring (bicyclic) bond motifs is 3. The van der Waals surface area contributed by atoms with Crippen LogP contribution in [0.1, 0.15) is 89.0 Å². The third kappa shape index (κ3) is 7.11. The number of carbonyl (C=O) groups excluding carboxylic acids is 1. The largest absolute Gasteiger partial charge is 0.481 e. The van der Waals surface area contributed by atoms with Crippen LogP contribution in [-0.2, 0) is 35.2 Å². The van der Waals surface area contributed by atoms with E-state index in [0.29, 0.717) is 75.1 Å². The fourth-order valence-electron chi connectivity index (χ4n) is 9.65. The molecular formula is C45H43F3N6O6. The van der Waals surface area contributed by atoms with Gasteiger partial charge in [-0.15, -0.1) is 0 Å². The highest BCUT2D eigenvalue weighted by atomic mass is 19.4. The van der Waals surface area contributed by atoms with Crippen molar-refractivity contribution in [1.29, 1.82) is 5.26 Å². The standard InChI is InChI=1S/C45H43F3N6O6/c1-23-27(5-3-6-28(23)38-18-25-17-33-31(34(19-49)40(25)59-38)10-12-36(33)54-16-15-24(22-54)44(56)57)29-7-4-8-32-30(29)11-13-37(32)60-43-41(45(46,47)48)52-35(42(53-43)58-2)21-50-20-26-9-14-39(55)51-26/h3-8,17-18,24,26,36-37,50H,9-16,20-22H2,1-2H3,(H,51,55)(H,56,57)/t24-,26-,36-,37+/m1/s1. The number of amides is 1. The molecule has 310 valence electrons. The first-order valence-corrected chi connectivity index (χ1v) is 20.3. The zero-order chi connectivity index (χ0) is 41.9. The SMILES string of the molecule is COc1nc(O[C@H]2CCc3c(-c4cccc(-c5cc6cc7c(c(C#N)c6o5)CC[C@H]7N5CC[C@@H](C(=O)O)C5)c4C)cccc32)c(C(F)(F)F)nc1CNC[C@H]1CCC(=O)N1. The molecule has 0 spiro atoms. The fraction of sp³-hybridized carbons (Fsp3) is 0.400. The predicted octanol–water partition coefficient (Wildman–Crippen LogP) is 7.59. The maximum Gasteiger partial charge on any atom is 0.438 e. The van der Waals surface area contributed by atoms with E-state index >= 15 is 0 Å². The Morgan fingerprint density at radius 1 is 1.02 bits per heavy atom. The Kier molecular flexibility index (Phi) is 10.2. The van der Waals surface area contributed by atoms with Gasteiger partial charge in [0.1, 0.15) is 23.6 Å². The van der Waals surface area contributed by atoms with E-state index in [1.807, 2.05) is 49.4 Å². The molecule has 0 saturated carbocycles. The molecule has 3 N–H and O–H groups in total. The fourth-order valence-corrected chi connectivity index (χ4v) is 9.65. The third-order valence-electron chi connectivity index (χ3n) is 12.6. The van der Waals surface area contributed by atoms with Gasteiger partial charge in [-0.2, -0.15) is 23.4 Å². The van der Waals surface area contributed by atoms with Crippen LogP contribution in [0.25, 0.3) is 33.4 Å². The summed E-state index contributed by atoms with van der Waals surface area (Å²) in [6.45, 7) is 3.51. The highest BCUT2D eigenvalue weighted by Gasteiger charge is 2.41. The third-order valence-corrected chi connectivity index (χ3v) is 12.6. The summed E-state index contributed by atoms with van der Waals surface area (Å²) >= 11 is 0. The topological polar surface area (TPSA) is 163 Å². The molecule has 4 atom stereocenters. The Balaban J connectivity index is 0.993. The van der Waals surface area contributed by atoms with Gasteiger partial charge in [0.05, 0.1) is 18.6 Å². The number of aliphatic carboxylic acids is 1. The van der Waals surface area contributed by atoms with E-state index in [1.54, 1.807) is 0 Å². The highest BCUT2D eigenvalue weighted by molar-refractivity contribution is 5.91. The first-order chi connectivity index (χ1) is 28.9. The maximum absolute atomic E-state index is 14.5. The van der Waals surface area contributed by atoms with Crippen LogP contribution in [0.15, 0.2) is 52.9 Å². The minimum atomic E-state index is -4.85. The van der Waals surface area contributed by atoms with Crippen LogP contribution in [0.2, 0.25) is 0 Å². The second kappa shape index (κ2) is 15.6. The van der Waals surface area contributed by atoms with E-state index in [9.17, 15) is 33.1 Å². The lowest BCUT2D eigenvalue weighted by atomic mass is 9.91. The number of aromatic nitrogens is 2. The van der Waals surface area contributed by atoms with E-state index < -0.39 is 29.8 Å². The van der Waals surface area contributed by atoms with Crippen molar-refractivity contribution < 1.29 is 41.8 Å². The number of rotatable bonds is 11. The number of furan rings is 1. The molecular weight excluding hydrogens is 778 g/mol. The number of hydrogen-bond acceptors (Lipinski definition) is 10. The van der Waals surface area contributed by atoms with Gasteiger partial charge in [0.15, 0.2) is 5.58 Å². The second-order valence-electron chi connectivity index (χ2n) is 16.1. The number of nitrogens with zero attached hydrogens (tertiary/aromatic N) is 4. The molecule has 3 aromatic carbocycles. The van der Waals surface area contributed by atoms with Crippen molar-refractivity contribution in [3.63, 3.8) is 0 Å². The number of methoxy groups -OCH3 is 1. The van der Waals surface area contributed by atoms with Crippen molar-refractivity contribution >= 4 is 22.8 Å². The number of halogens is 3. The number of nitriles is 1. The normalized spacial score (nSPS) is 21.2. The molecule has 0 unspecified atom stereocenters. The zero-order valence-corrected chi connectivity index (χ0v) is 33.1. The minimum absolute atomic E-state index is 0.0229. The maximum atomic E-state index is 14.5. The van der Waals surface area contributed by atoms with Crippen molar-refractivity contribution in [2.75, 3.05) is 26.7 Å². The van der Waals surface area contributed by atoms with Crippen LogP contribution in [0.5, 0.6) is 11.8 Å². The molecule has 2 aromatic heterocycles. The van der Waals surface area contributed by atoms with Crippen molar-refractivity contribution in [3.8, 4) is 40.3 Å². The first kappa shape index (κ1) is 39.5. The number of hydrogen-bond donors (Lipinski definition) is 3. The number of nitrogens with one attached hydrogen (secondary N) is 2. The number of benzene rings is 3. The summed E-state index contributed by atoms with van der Waals surface area (Å²) in [5.41, 5.74) is 7.17. The van der Waals surface area contributed by atoms with Crippen molar-refractivity contribution in [1.82, 2.24) is 25.5 Å². The molecule has 4 heterocycles. The van der Waals surface area contributed by atoms with Crippen LogP contribution < -0.4 is 20.1 Å². The molecule has 2 fully saturated rings. The second-order valence-corrected chi connectivity index (χ2v) is 16.1. The number of ether oxygens (including phenoxy) is 2. The van der Waals surface area contributed by atoms with Crippen LogP contribution >= 0.6 is 0 Å².